The van der Waals surface area contributed by atoms with Crippen LogP contribution in [0.1, 0.15) is 23.7 Å². The van der Waals surface area contributed by atoms with E-state index in [4.69, 9.17) is 15.6 Å². The average Bonchev–Trinajstić information content (AvgIpc) is 3.43. The zero-order valence-electron chi connectivity index (χ0n) is 19.0. The van der Waals surface area contributed by atoms with Crippen molar-refractivity contribution in [2.24, 2.45) is 0 Å². The van der Waals surface area contributed by atoms with Crippen molar-refractivity contribution in [1.82, 2.24) is 29.5 Å². The molecule has 2 aromatic heterocycles. The Kier molecular flexibility index (Phi) is 6.56. The number of aromatic nitrogens is 4. The van der Waals surface area contributed by atoms with Crippen LogP contribution in [0.2, 0.25) is 0 Å². The highest BCUT2D eigenvalue weighted by Crippen LogP contribution is 2.28. The maximum Gasteiger partial charge on any atom is 0.246 e. The predicted molar refractivity (Wildman–Crippen MR) is 127 cm³/mol. The number of nitrogen functional groups attached to an aromatic ring is 1. The van der Waals surface area contributed by atoms with Gasteiger partial charge in [0.2, 0.25) is 5.91 Å². The molecular weight excluding hydrogens is 418 g/mol. The Morgan fingerprint density at radius 2 is 2.18 bits per heavy atom. The van der Waals surface area contributed by atoms with Crippen molar-refractivity contribution in [3.05, 3.63) is 54.0 Å². The molecule has 3 aromatic rings. The molecule has 0 bridgehead atoms. The molecule has 9 nitrogen and oxygen atoms in total. The zero-order chi connectivity index (χ0) is 23.4. The Hall–Kier alpha value is -3.90. The predicted octanol–water partition coefficient (Wildman–Crippen LogP) is 1.71. The second-order valence-electron chi connectivity index (χ2n) is 8.12. The van der Waals surface area contributed by atoms with E-state index in [1.807, 2.05) is 58.9 Å². The average molecular weight is 446 g/mol. The van der Waals surface area contributed by atoms with Gasteiger partial charge in [0, 0.05) is 31.3 Å². The van der Waals surface area contributed by atoms with Gasteiger partial charge in [-0.25, -0.2) is 14.6 Å². The number of likely N-dealkylation sites (tertiary alicyclic amines) is 1. The second-order valence-corrected chi connectivity index (χ2v) is 8.12. The number of hydrogen-bond donors (Lipinski definition) is 1. The Balaban J connectivity index is 1.61. The number of nitrogens with two attached hydrogens (primary N) is 1. The lowest BCUT2D eigenvalue weighted by atomic mass is 10.2. The molecular formula is C24H27N7O2. The first kappa shape index (κ1) is 22.3. The van der Waals surface area contributed by atoms with Crippen molar-refractivity contribution < 1.29 is 9.53 Å². The summed E-state index contributed by atoms with van der Waals surface area (Å²) in [5, 5.41) is 5.36. The van der Waals surface area contributed by atoms with Crippen LogP contribution in [0.25, 0.3) is 11.0 Å². The van der Waals surface area contributed by atoms with Gasteiger partial charge in [0.05, 0.1) is 18.5 Å². The van der Waals surface area contributed by atoms with Gasteiger partial charge in [-0.3, -0.25) is 4.79 Å². The standard InChI is InChI=1S/C24H27N7O2/c1-29(2)12-5-8-21(32)30-13-11-18(15-30)31-24-22(23(25)26-16-27-24)20(28-31)10-9-17-6-4-7-19(14-17)33-3/h4-8,14,16,18H,11-13,15H2,1-3H3,(H2,25,26,27)/t18-/m0/s1. The van der Waals surface area contributed by atoms with Gasteiger partial charge in [0.15, 0.2) is 5.65 Å². The van der Waals surface area contributed by atoms with Crippen LogP contribution in [0.15, 0.2) is 42.7 Å². The topological polar surface area (TPSA) is 102 Å². The second kappa shape index (κ2) is 9.71. The van der Waals surface area contributed by atoms with Gasteiger partial charge >= 0.3 is 0 Å². The van der Waals surface area contributed by atoms with Gasteiger partial charge in [-0.2, -0.15) is 5.10 Å². The summed E-state index contributed by atoms with van der Waals surface area (Å²) in [6, 6.07) is 7.49. The maximum absolute atomic E-state index is 12.6. The van der Waals surface area contributed by atoms with Gasteiger partial charge in [-0.15, -0.1) is 0 Å². The molecule has 0 unspecified atom stereocenters. The molecule has 1 fully saturated rings. The summed E-state index contributed by atoms with van der Waals surface area (Å²) in [6.45, 7) is 1.93. The van der Waals surface area contributed by atoms with Gasteiger partial charge in [-0.1, -0.05) is 18.1 Å². The highest BCUT2D eigenvalue weighted by Gasteiger charge is 2.29. The van der Waals surface area contributed by atoms with E-state index in [-0.39, 0.29) is 11.9 Å². The minimum Gasteiger partial charge on any atom is -0.497 e. The zero-order valence-corrected chi connectivity index (χ0v) is 19.0. The van der Waals surface area contributed by atoms with Crippen LogP contribution in [0.5, 0.6) is 5.75 Å². The van der Waals surface area contributed by atoms with Crippen LogP contribution >= 0.6 is 0 Å². The van der Waals surface area contributed by atoms with Gasteiger partial charge in [0.1, 0.15) is 23.6 Å². The molecule has 0 spiro atoms. The molecule has 2 N–H and O–H groups in total. The Labute approximate surface area is 192 Å². The number of likely N-dealkylation sites (N-methyl/N-ethyl adjacent to an activating group) is 1. The number of anilines is 1. The number of rotatable bonds is 5. The van der Waals surface area contributed by atoms with Gasteiger partial charge < -0.3 is 20.3 Å². The minimum atomic E-state index is -0.0135. The van der Waals surface area contributed by atoms with Crippen molar-refractivity contribution in [2.75, 3.05) is 46.6 Å². The molecule has 1 atom stereocenters. The van der Waals surface area contributed by atoms with Gasteiger partial charge in [0.25, 0.3) is 0 Å². The smallest absolute Gasteiger partial charge is 0.246 e. The van der Waals surface area contributed by atoms with Crippen LogP contribution in [-0.2, 0) is 4.79 Å². The molecule has 9 heteroatoms. The van der Waals surface area contributed by atoms with Crippen molar-refractivity contribution in [3.8, 4) is 17.6 Å². The number of carbonyl (C=O) groups excluding carboxylic acids is 1. The first-order chi connectivity index (χ1) is 16.0. The lowest BCUT2D eigenvalue weighted by molar-refractivity contribution is -0.125. The SMILES string of the molecule is COc1cccc(C#Cc2nn([C@H]3CCN(C(=O)C=CCN(C)C)C3)c3ncnc(N)c23)c1. The molecule has 33 heavy (non-hydrogen) atoms. The first-order valence-electron chi connectivity index (χ1n) is 10.7. The van der Waals surface area contributed by atoms with E-state index >= 15 is 0 Å². The summed E-state index contributed by atoms with van der Waals surface area (Å²) in [6.07, 6.45) is 5.71. The number of fused-ring (bicyclic) bond motifs is 1. The van der Waals surface area contributed by atoms with Crippen molar-refractivity contribution in [3.63, 3.8) is 0 Å². The number of amides is 1. The van der Waals surface area contributed by atoms with E-state index in [2.05, 4.69) is 21.8 Å². The molecule has 0 radical (unpaired) electrons. The van der Waals surface area contributed by atoms with Crippen LogP contribution in [0, 0.1) is 11.8 Å². The fraction of sp³-hybridized carbons (Fsp3) is 0.333. The van der Waals surface area contributed by atoms with E-state index < -0.39 is 0 Å². The molecule has 170 valence electrons. The molecule has 4 rings (SSSR count). The monoisotopic (exact) mass is 445 g/mol. The first-order valence-corrected chi connectivity index (χ1v) is 10.7. The van der Waals surface area contributed by atoms with Crippen LogP contribution in [0.4, 0.5) is 5.82 Å². The number of carbonyl (C=O) groups is 1. The molecule has 1 aliphatic heterocycles. The van der Waals surface area contributed by atoms with E-state index in [0.717, 1.165) is 24.3 Å². The summed E-state index contributed by atoms with van der Waals surface area (Å²) in [4.78, 5) is 24.9. The number of ether oxygens (including phenoxy) is 1. The lowest BCUT2D eigenvalue weighted by Gasteiger charge is -2.15. The van der Waals surface area contributed by atoms with Crippen molar-refractivity contribution in [2.45, 2.75) is 12.5 Å². The number of nitrogens with zero attached hydrogens (tertiary/aromatic N) is 6. The van der Waals surface area contributed by atoms with Gasteiger partial charge in [-0.05, 0) is 44.6 Å². The van der Waals surface area contributed by atoms with Crippen LogP contribution in [0.3, 0.4) is 0 Å². The molecule has 1 saturated heterocycles. The highest BCUT2D eigenvalue weighted by molar-refractivity contribution is 5.91. The molecule has 1 aromatic carbocycles. The van der Waals surface area contributed by atoms with E-state index in [1.165, 1.54) is 6.33 Å². The summed E-state index contributed by atoms with van der Waals surface area (Å²) >= 11 is 0. The Morgan fingerprint density at radius 3 is 2.97 bits per heavy atom. The largest absolute Gasteiger partial charge is 0.497 e. The van der Waals surface area contributed by atoms with E-state index in [1.54, 1.807) is 13.2 Å². The summed E-state index contributed by atoms with van der Waals surface area (Å²) in [5.74, 6) is 7.31. The molecule has 1 aliphatic rings. The maximum atomic E-state index is 12.6. The summed E-state index contributed by atoms with van der Waals surface area (Å²) in [5.41, 5.74) is 8.11. The van der Waals surface area contributed by atoms with Crippen molar-refractivity contribution >= 4 is 22.8 Å². The van der Waals surface area contributed by atoms with E-state index in [9.17, 15) is 4.79 Å². The van der Waals surface area contributed by atoms with Crippen LogP contribution in [-0.4, -0.2) is 76.3 Å². The lowest BCUT2D eigenvalue weighted by Crippen LogP contribution is -2.28. The molecule has 0 saturated carbocycles. The van der Waals surface area contributed by atoms with E-state index in [0.29, 0.717) is 35.6 Å². The Bertz CT molecular complexity index is 1250. The number of benzene rings is 1. The van der Waals surface area contributed by atoms with Crippen molar-refractivity contribution in [1.29, 1.82) is 0 Å². The molecule has 1 amide bonds. The Morgan fingerprint density at radius 1 is 1.33 bits per heavy atom. The third kappa shape index (κ3) is 4.96. The molecule has 0 aliphatic carbocycles. The normalized spacial score (nSPS) is 15.9. The minimum absolute atomic E-state index is 0.00277. The molecule has 3 heterocycles. The van der Waals surface area contributed by atoms with Crippen LogP contribution < -0.4 is 10.5 Å². The third-order valence-electron chi connectivity index (χ3n) is 5.47. The summed E-state index contributed by atoms with van der Waals surface area (Å²) in [7, 11) is 5.55. The summed E-state index contributed by atoms with van der Waals surface area (Å²) < 4.78 is 7.10. The highest BCUT2D eigenvalue weighted by atomic mass is 16.5. The number of methoxy groups -OCH3 is 1. The fourth-order valence-corrected chi connectivity index (χ4v) is 3.78. The third-order valence-corrected chi connectivity index (χ3v) is 5.47. The quantitative estimate of drug-likeness (QED) is 0.471. The fourth-order valence-electron chi connectivity index (χ4n) is 3.78. The number of hydrogen-bond acceptors (Lipinski definition) is 7.